The highest BCUT2D eigenvalue weighted by Gasteiger charge is 2.15. The second-order valence-electron chi connectivity index (χ2n) is 4.85. The van der Waals surface area contributed by atoms with Crippen LogP contribution in [0.15, 0.2) is 0 Å². The smallest absolute Gasteiger partial charge is 0.407 e. The zero-order valence-electron chi connectivity index (χ0n) is 11.4. The monoisotopic (exact) mass is 272 g/mol. The Labute approximate surface area is 111 Å². The van der Waals surface area contributed by atoms with Gasteiger partial charge in [-0.1, -0.05) is 0 Å². The minimum Gasteiger partial charge on any atom is -0.444 e. The first-order chi connectivity index (χ1) is 8.90. The highest BCUT2D eigenvalue weighted by molar-refractivity contribution is 5.67. The van der Waals surface area contributed by atoms with Crippen LogP contribution in [0.25, 0.3) is 0 Å². The summed E-state index contributed by atoms with van der Waals surface area (Å²) in [5.41, 5.74) is -0.506. The van der Waals surface area contributed by atoms with Gasteiger partial charge in [-0.25, -0.2) is 10.7 Å². The van der Waals surface area contributed by atoms with E-state index in [1.54, 1.807) is 20.8 Å². The Balaban J connectivity index is 2.25. The van der Waals surface area contributed by atoms with Crippen molar-refractivity contribution in [3.63, 3.8) is 0 Å². The molecule has 0 spiro atoms. The molecular weight excluding hydrogens is 252 g/mol. The molecule has 1 aromatic heterocycles. The van der Waals surface area contributed by atoms with Gasteiger partial charge in [-0.15, -0.1) is 10.2 Å². The molecule has 108 valence electrons. The molecule has 0 fully saturated rings. The van der Waals surface area contributed by atoms with E-state index >= 15 is 0 Å². The molecular formula is C10H20N6O3. The van der Waals surface area contributed by atoms with Crippen molar-refractivity contribution in [2.45, 2.75) is 39.3 Å². The molecule has 0 aliphatic rings. The number of rotatable bonds is 6. The summed E-state index contributed by atoms with van der Waals surface area (Å²) in [5, 5.41) is 14.3. The van der Waals surface area contributed by atoms with E-state index in [0.29, 0.717) is 31.9 Å². The van der Waals surface area contributed by atoms with Gasteiger partial charge in [0.15, 0.2) is 5.82 Å². The minimum absolute atomic E-state index is 0.311. The number of tetrazole rings is 1. The normalized spacial score (nSPS) is 11.4. The average Bonchev–Trinajstić information content (AvgIpc) is 2.72. The SMILES string of the molecule is CC(C)(C)OC(=O)NCCc1nnn(CCON)n1. The van der Waals surface area contributed by atoms with Crippen LogP contribution in [0.2, 0.25) is 0 Å². The second-order valence-corrected chi connectivity index (χ2v) is 4.85. The lowest BCUT2D eigenvalue weighted by molar-refractivity contribution is 0.0528. The van der Waals surface area contributed by atoms with E-state index in [-0.39, 0.29) is 0 Å². The van der Waals surface area contributed by atoms with E-state index in [1.165, 1.54) is 4.80 Å². The van der Waals surface area contributed by atoms with Crippen molar-refractivity contribution >= 4 is 6.09 Å². The molecule has 0 bridgehead atoms. The molecule has 1 heterocycles. The third-order valence-electron chi connectivity index (χ3n) is 1.92. The van der Waals surface area contributed by atoms with Gasteiger partial charge in [-0.05, 0) is 26.0 Å². The fraction of sp³-hybridized carbons (Fsp3) is 0.800. The molecule has 0 aliphatic heterocycles. The topological polar surface area (TPSA) is 117 Å². The first-order valence-corrected chi connectivity index (χ1v) is 5.96. The van der Waals surface area contributed by atoms with Gasteiger partial charge < -0.3 is 14.9 Å². The molecule has 0 aliphatic carbocycles. The van der Waals surface area contributed by atoms with E-state index in [4.69, 9.17) is 10.6 Å². The van der Waals surface area contributed by atoms with E-state index in [0.717, 1.165) is 0 Å². The predicted octanol–water partition coefficient (Wildman–Crippen LogP) is -0.369. The van der Waals surface area contributed by atoms with Gasteiger partial charge >= 0.3 is 6.09 Å². The van der Waals surface area contributed by atoms with Crippen LogP contribution in [-0.4, -0.2) is 45.1 Å². The summed E-state index contributed by atoms with van der Waals surface area (Å²) in [4.78, 5) is 17.2. The first kappa shape index (κ1) is 15.3. The third kappa shape index (κ3) is 6.67. The minimum atomic E-state index is -0.506. The van der Waals surface area contributed by atoms with Gasteiger partial charge in [0.25, 0.3) is 0 Å². The van der Waals surface area contributed by atoms with Gasteiger partial charge in [0.1, 0.15) is 5.60 Å². The lowest BCUT2D eigenvalue weighted by Gasteiger charge is -2.19. The number of carbonyl (C=O) groups excluding carboxylic acids is 1. The molecule has 9 heteroatoms. The Kier molecular flexibility index (Phi) is 5.64. The van der Waals surface area contributed by atoms with Crippen molar-refractivity contribution in [2.75, 3.05) is 13.2 Å². The Bertz CT molecular complexity index is 400. The lowest BCUT2D eigenvalue weighted by atomic mass is 10.2. The summed E-state index contributed by atoms with van der Waals surface area (Å²) in [7, 11) is 0. The van der Waals surface area contributed by atoms with E-state index < -0.39 is 11.7 Å². The number of nitrogens with zero attached hydrogens (tertiary/aromatic N) is 4. The number of hydrogen-bond donors (Lipinski definition) is 2. The van der Waals surface area contributed by atoms with Crippen LogP contribution in [0.4, 0.5) is 4.79 Å². The predicted molar refractivity (Wildman–Crippen MR) is 65.9 cm³/mol. The zero-order chi connectivity index (χ0) is 14.3. The van der Waals surface area contributed by atoms with Gasteiger partial charge in [0, 0.05) is 13.0 Å². The van der Waals surface area contributed by atoms with Crippen LogP contribution in [-0.2, 0) is 22.5 Å². The summed E-state index contributed by atoms with van der Waals surface area (Å²) in [6.45, 7) is 6.54. The molecule has 0 saturated heterocycles. The van der Waals surface area contributed by atoms with Crippen LogP contribution >= 0.6 is 0 Å². The van der Waals surface area contributed by atoms with Gasteiger partial charge in [-0.2, -0.15) is 4.80 Å². The maximum Gasteiger partial charge on any atom is 0.407 e. The molecule has 0 saturated carbocycles. The van der Waals surface area contributed by atoms with Crippen molar-refractivity contribution in [3.8, 4) is 0 Å². The quantitative estimate of drug-likeness (QED) is 0.678. The van der Waals surface area contributed by atoms with Crippen molar-refractivity contribution < 1.29 is 14.4 Å². The Hall–Kier alpha value is -1.74. The van der Waals surface area contributed by atoms with E-state index in [2.05, 4.69) is 25.6 Å². The maximum absolute atomic E-state index is 11.4. The molecule has 1 rings (SSSR count). The molecule has 1 amide bonds. The van der Waals surface area contributed by atoms with Gasteiger partial charge in [0.05, 0.1) is 13.2 Å². The summed E-state index contributed by atoms with van der Waals surface area (Å²) in [5.74, 6) is 5.43. The van der Waals surface area contributed by atoms with Crippen molar-refractivity contribution in [1.29, 1.82) is 0 Å². The third-order valence-corrected chi connectivity index (χ3v) is 1.92. The van der Waals surface area contributed by atoms with Gasteiger partial charge in [-0.3, -0.25) is 0 Å². The number of ether oxygens (including phenoxy) is 1. The summed E-state index contributed by atoms with van der Waals surface area (Å²) >= 11 is 0. The highest BCUT2D eigenvalue weighted by Crippen LogP contribution is 2.06. The first-order valence-electron chi connectivity index (χ1n) is 5.96. The van der Waals surface area contributed by atoms with Crippen LogP contribution in [0.3, 0.4) is 0 Å². The van der Waals surface area contributed by atoms with Crippen LogP contribution in [0, 0.1) is 0 Å². The number of alkyl carbamates (subject to hydrolysis) is 1. The van der Waals surface area contributed by atoms with Crippen molar-refractivity contribution in [3.05, 3.63) is 5.82 Å². The standard InChI is InChI=1S/C10H20N6O3/c1-10(2,3)19-9(17)12-5-4-8-13-15-16(14-8)6-7-18-11/h4-7,11H2,1-3H3,(H,12,17). The summed E-state index contributed by atoms with van der Waals surface area (Å²) in [6.07, 6.45) is 0.0133. The number of carbonyl (C=O) groups is 1. The fourth-order valence-corrected chi connectivity index (χ4v) is 1.20. The Morgan fingerprint density at radius 3 is 2.84 bits per heavy atom. The van der Waals surface area contributed by atoms with Crippen LogP contribution in [0.5, 0.6) is 0 Å². The number of hydrogen-bond acceptors (Lipinski definition) is 7. The molecule has 0 unspecified atom stereocenters. The molecule has 9 nitrogen and oxygen atoms in total. The van der Waals surface area contributed by atoms with E-state index in [1.807, 2.05) is 0 Å². The van der Waals surface area contributed by atoms with E-state index in [9.17, 15) is 4.79 Å². The molecule has 0 radical (unpaired) electrons. The van der Waals surface area contributed by atoms with Crippen molar-refractivity contribution in [1.82, 2.24) is 25.5 Å². The van der Waals surface area contributed by atoms with Gasteiger partial charge in [0.2, 0.25) is 0 Å². The van der Waals surface area contributed by atoms with Crippen LogP contribution < -0.4 is 11.2 Å². The lowest BCUT2D eigenvalue weighted by Crippen LogP contribution is -2.33. The average molecular weight is 272 g/mol. The fourth-order valence-electron chi connectivity index (χ4n) is 1.20. The molecule has 0 atom stereocenters. The molecule has 3 N–H and O–H groups in total. The summed E-state index contributed by atoms with van der Waals surface area (Å²) in [6, 6.07) is 0. The molecule has 19 heavy (non-hydrogen) atoms. The maximum atomic E-state index is 11.4. The Morgan fingerprint density at radius 1 is 1.47 bits per heavy atom. The second kappa shape index (κ2) is 7.00. The number of aromatic nitrogens is 4. The van der Waals surface area contributed by atoms with Crippen molar-refractivity contribution in [2.24, 2.45) is 5.90 Å². The highest BCUT2D eigenvalue weighted by atomic mass is 16.6. The molecule has 0 aromatic carbocycles. The zero-order valence-corrected chi connectivity index (χ0v) is 11.4. The largest absolute Gasteiger partial charge is 0.444 e. The Morgan fingerprint density at radius 2 is 2.21 bits per heavy atom. The number of nitrogens with two attached hydrogens (primary N) is 1. The number of nitrogens with one attached hydrogen (secondary N) is 1. The van der Waals surface area contributed by atoms with Crippen LogP contribution in [0.1, 0.15) is 26.6 Å². The summed E-state index contributed by atoms with van der Waals surface area (Å²) < 4.78 is 5.09. The molecule has 1 aromatic rings. The number of amides is 1.